The van der Waals surface area contributed by atoms with Crippen molar-refractivity contribution < 1.29 is 0 Å². The summed E-state index contributed by atoms with van der Waals surface area (Å²) in [6.45, 7) is 1.93. The molecule has 30 heavy (non-hydrogen) atoms. The van der Waals surface area contributed by atoms with E-state index in [0.717, 1.165) is 10.9 Å². The first-order valence-electron chi connectivity index (χ1n) is 9.08. The van der Waals surface area contributed by atoms with Gasteiger partial charge in [-0.05, 0) is 31.2 Å². The molecule has 0 spiro atoms. The van der Waals surface area contributed by atoms with Gasteiger partial charge in [0.1, 0.15) is 17.5 Å². The van der Waals surface area contributed by atoms with Gasteiger partial charge in [-0.1, -0.05) is 29.8 Å². The molecule has 0 fully saturated rings. The number of nitrogens with one attached hydrogen (secondary N) is 1. The number of rotatable bonds is 4. The zero-order valence-corrected chi connectivity index (χ0v) is 16.7. The van der Waals surface area contributed by atoms with Gasteiger partial charge in [0.25, 0.3) is 0 Å². The molecule has 3 heterocycles. The van der Waals surface area contributed by atoms with E-state index in [2.05, 4.69) is 20.3 Å². The molecule has 0 amide bonds. The van der Waals surface area contributed by atoms with Crippen LogP contribution in [-0.4, -0.2) is 19.9 Å². The van der Waals surface area contributed by atoms with Crippen LogP contribution in [0.1, 0.15) is 24.1 Å². The number of hydrogen-bond acceptors (Lipinski definition) is 8. The van der Waals surface area contributed by atoms with Crippen molar-refractivity contribution in [3.63, 3.8) is 0 Å². The number of nitrogens with zero attached hydrogens (tertiary/aromatic N) is 5. The molecule has 0 saturated heterocycles. The molecule has 3 aromatic heterocycles. The molecule has 0 saturated carbocycles. The van der Waals surface area contributed by atoms with E-state index in [1.165, 1.54) is 0 Å². The lowest BCUT2D eigenvalue weighted by Gasteiger charge is -2.20. The van der Waals surface area contributed by atoms with Gasteiger partial charge in [-0.15, -0.1) is 0 Å². The molecular weight excluding hydrogens is 400 g/mol. The van der Waals surface area contributed by atoms with E-state index in [-0.39, 0.29) is 29.2 Å². The maximum absolute atomic E-state index is 9.45. The third-order valence-electron chi connectivity index (χ3n) is 4.62. The highest BCUT2D eigenvalue weighted by Crippen LogP contribution is 2.33. The summed E-state index contributed by atoms with van der Waals surface area (Å²) < 4.78 is 0. The van der Waals surface area contributed by atoms with E-state index in [9.17, 15) is 5.26 Å². The van der Waals surface area contributed by atoms with Crippen molar-refractivity contribution in [3.05, 3.63) is 64.8 Å². The summed E-state index contributed by atoms with van der Waals surface area (Å²) >= 11 is 6.37. The Labute approximate surface area is 177 Å². The van der Waals surface area contributed by atoms with E-state index >= 15 is 0 Å². The minimum absolute atomic E-state index is 0.0189. The van der Waals surface area contributed by atoms with Gasteiger partial charge in [0, 0.05) is 17.1 Å². The van der Waals surface area contributed by atoms with Crippen molar-refractivity contribution in [1.29, 1.82) is 5.26 Å². The highest BCUT2D eigenvalue weighted by molar-refractivity contribution is 6.35. The van der Waals surface area contributed by atoms with Crippen LogP contribution in [0.4, 0.5) is 17.6 Å². The molecule has 148 valence electrons. The molecule has 0 aliphatic heterocycles. The van der Waals surface area contributed by atoms with E-state index < -0.39 is 0 Å². The Bertz CT molecular complexity index is 1280. The monoisotopic (exact) mass is 416 g/mol. The Morgan fingerprint density at radius 2 is 1.93 bits per heavy atom. The van der Waals surface area contributed by atoms with Crippen LogP contribution in [0.5, 0.6) is 0 Å². The normalized spacial score (nSPS) is 11.8. The highest BCUT2D eigenvalue weighted by atomic mass is 35.5. The SMILES string of the molecule is C[C@H](Nc1nc(N)nc(N)c1C#N)c1cc2cccc(Cl)c2nc1-c1ccccn1. The van der Waals surface area contributed by atoms with Crippen molar-refractivity contribution >= 4 is 40.1 Å². The molecule has 1 aromatic carbocycles. The molecule has 9 heteroatoms. The Kier molecular flexibility index (Phi) is 5.04. The van der Waals surface area contributed by atoms with Gasteiger partial charge in [0.15, 0.2) is 5.82 Å². The van der Waals surface area contributed by atoms with Crippen LogP contribution in [-0.2, 0) is 0 Å². The number of aromatic nitrogens is 4. The summed E-state index contributed by atoms with van der Waals surface area (Å²) in [6, 6.07) is 14.9. The second-order valence-corrected chi connectivity index (χ2v) is 7.03. The summed E-state index contributed by atoms with van der Waals surface area (Å²) in [5.74, 6) is 0.260. The van der Waals surface area contributed by atoms with Crippen molar-refractivity contribution in [2.75, 3.05) is 16.8 Å². The molecule has 8 nitrogen and oxygen atoms in total. The average Bonchev–Trinajstić information content (AvgIpc) is 2.73. The van der Waals surface area contributed by atoms with Crippen LogP contribution in [0.15, 0.2) is 48.7 Å². The minimum atomic E-state index is -0.307. The smallest absolute Gasteiger partial charge is 0.224 e. The maximum atomic E-state index is 9.45. The number of benzene rings is 1. The third kappa shape index (κ3) is 3.54. The van der Waals surface area contributed by atoms with E-state index in [4.69, 9.17) is 28.1 Å². The lowest BCUT2D eigenvalue weighted by molar-refractivity contribution is 0.869. The van der Waals surface area contributed by atoms with Gasteiger partial charge in [0.2, 0.25) is 5.95 Å². The zero-order valence-electron chi connectivity index (χ0n) is 16.0. The van der Waals surface area contributed by atoms with Gasteiger partial charge in [-0.25, -0.2) is 4.98 Å². The Morgan fingerprint density at radius 3 is 2.67 bits per heavy atom. The molecule has 5 N–H and O–H groups in total. The topological polar surface area (TPSA) is 139 Å². The van der Waals surface area contributed by atoms with Crippen molar-refractivity contribution in [3.8, 4) is 17.5 Å². The van der Waals surface area contributed by atoms with Gasteiger partial charge >= 0.3 is 0 Å². The fourth-order valence-electron chi connectivity index (χ4n) is 3.21. The number of nitrogen functional groups attached to an aromatic ring is 2. The number of hydrogen-bond donors (Lipinski definition) is 3. The summed E-state index contributed by atoms with van der Waals surface area (Å²) in [7, 11) is 0. The molecule has 0 aliphatic rings. The Balaban J connectivity index is 1.87. The van der Waals surface area contributed by atoms with Crippen LogP contribution < -0.4 is 16.8 Å². The number of nitriles is 1. The van der Waals surface area contributed by atoms with E-state index in [1.54, 1.807) is 12.3 Å². The Morgan fingerprint density at radius 1 is 1.10 bits per heavy atom. The number of halogens is 1. The molecule has 1 atom stereocenters. The average molecular weight is 417 g/mol. The first kappa shape index (κ1) is 19.4. The fourth-order valence-corrected chi connectivity index (χ4v) is 3.43. The number of pyridine rings is 2. The van der Waals surface area contributed by atoms with Crippen LogP contribution >= 0.6 is 11.6 Å². The summed E-state index contributed by atoms with van der Waals surface area (Å²) in [4.78, 5) is 17.2. The van der Waals surface area contributed by atoms with Gasteiger partial charge in [-0.3, -0.25) is 4.98 Å². The van der Waals surface area contributed by atoms with Gasteiger partial charge < -0.3 is 16.8 Å². The highest BCUT2D eigenvalue weighted by Gasteiger charge is 2.20. The van der Waals surface area contributed by atoms with Crippen LogP contribution in [0.25, 0.3) is 22.3 Å². The fraction of sp³-hybridized carbons (Fsp3) is 0.0952. The van der Waals surface area contributed by atoms with Gasteiger partial charge in [0.05, 0.1) is 28.0 Å². The van der Waals surface area contributed by atoms with Crippen molar-refractivity contribution in [1.82, 2.24) is 19.9 Å². The first-order chi connectivity index (χ1) is 14.5. The van der Waals surface area contributed by atoms with Crippen molar-refractivity contribution in [2.24, 2.45) is 0 Å². The molecule has 0 unspecified atom stereocenters. The molecule has 0 aliphatic carbocycles. The van der Waals surface area contributed by atoms with Crippen LogP contribution in [0.2, 0.25) is 5.02 Å². The molecule has 4 rings (SSSR count). The minimum Gasteiger partial charge on any atom is -0.382 e. The van der Waals surface area contributed by atoms with E-state index in [1.807, 2.05) is 49.4 Å². The first-order valence-corrected chi connectivity index (χ1v) is 9.46. The third-order valence-corrected chi connectivity index (χ3v) is 4.92. The quantitative estimate of drug-likeness (QED) is 0.454. The molecule has 4 aromatic rings. The maximum Gasteiger partial charge on any atom is 0.224 e. The zero-order chi connectivity index (χ0) is 21.3. The number of para-hydroxylation sites is 1. The van der Waals surface area contributed by atoms with Crippen molar-refractivity contribution in [2.45, 2.75) is 13.0 Å². The standard InChI is InChI=1S/C21H17ClN8/c1-11(27-20-14(10-23)19(24)29-21(25)30-20)13-9-12-5-4-6-15(22)17(12)28-18(13)16-7-2-3-8-26-16/h2-9,11H,1H3,(H5,24,25,27,29,30)/t11-/m0/s1. The predicted molar refractivity (Wildman–Crippen MR) is 118 cm³/mol. The van der Waals surface area contributed by atoms with Crippen LogP contribution in [0.3, 0.4) is 0 Å². The lowest BCUT2D eigenvalue weighted by Crippen LogP contribution is -2.14. The molecule has 0 bridgehead atoms. The number of fused-ring (bicyclic) bond motifs is 1. The van der Waals surface area contributed by atoms with Gasteiger partial charge in [-0.2, -0.15) is 15.2 Å². The predicted octanol–water partition coefficient (Wildman–Crippen LogP) is 3.95. The molecular formula is C21H17ClN8. The molecule has 0 radical (unpaired) electrons. The number of nitrogens with two attached hydrogens (primary N) is 2. The lowest BCUT2D eigenvalue weighted by atomic mass is 10.0. The van der Waals surface area contributed by atoms with Crippen LogP contribution in [0, 0.1) is 11.3 Å². The number of anilines is 3. The second-order valence-electron chi connectivity index (χ2n) is 6.62. The largest absolute Gasteiger partial charge is 0.382 e. The summed E-state index contributed by atoms with van der Waals surface area (Å²) in [6.07, 6.45) is 1.70. The summed E-state index contributed by atoms with van der Waals surface area (Å²) in [5, 5.41) is 14.1. The Hall–Kier alpha value is -3.96. The summed E-state index contributed by atoms with van der Waals surface area (Å²) in [5.41, 5.74) is 14.6. The van der Waals surface area contributed by atoms with E-state index in [0.29, 0.717) is 21.9 Å². The second kappa shape index (κ2) is 7.81.